The van der Waals surface area contributed by atoms with Crippen LogP contribution in [-0.2, 0) is 4.74 Å². The van der Waals surface area contributed by atoms with Crippen molar-refractivity contribution in [2.24, 2.45) is 0 Å². The second-order valence-corrected chi connectivity index (χ2v) is 4.93. The molecule has 5 nitrogen and oxygen atoms in total. The minimum atomic E-state index is -0.259. The summed E-state index contributed by atoms with van der Waals surface area (Å²) in [6.45, 7) is 1.14. The van der Waals surface area contributed by atoms with Gasteiger partial charge in [-0.15, -0.1) is 0 Å². The first-order valence-electron chi connectivity index (χ1n) is 6.54. The van der Waals surface area contributed by atoms with Gasteiger partial charge in [0, 0.05) is 36.5 Å². The molecular weight excluding hydrogens is 292 g/mol. The number of carbonyl (C=O) groups excluding carboxylic acids is 1. The van der Waals surface area contributed by atoms with E-state index in [1.807, 2.05) is 0 Å². The molecule has 0 aliphatic rings. The lowest BCUT2D eigenvalue weighted by Crippen LogP contribution is -2.24. The van der Waals surface area contributed by atoms with E-state index in [1.54, 1.807) is 37.4 Å². The number of nitrogens with two attached hydrogens (primary N) is 1. The molecule has 0 aliphatic carbocycles. The Morgan fingerprint density at radius 1 is 1.38 bits per heavy atom. The second-order valence-electron chi connectivity index (χ2n) is 4.50. The minimum absolute atomic E-state index is 0.247. The largest absolute Gasteiger partial charge is 0.451 e. The van der Waals surface area contributed by atoms with Crippen molar-refractivity contribution >= 4 is 23.2 Å². The maximum Gasteiger partial charge on any atom is 0.287 e. The summed E-state index contributed by atoms with van der Waals surface area (Å²) in [6.07, 6.45) is 0.750. The van der Waals surface area contributed by atoms with Crippen LogP contribution >= 0.6 is 11.6 Å². The third-order valence-electron chi connectivity index (χ3n) is 2.92. The predicted molar refractivity (Wildman–Crippen MR) is 82.4 cm³/mol. The molecule has 112 valence electrons. The van der Waals surface area contributed by atoms with Gasteiger partial charge in [0.2, 0.25) is 0 Å². The number of methoxy groups -OCH3 is 1. The molecule has 0 spiro atoms. The van der Waals surface area contributed by atoms with Gasteiger partial charge in [-0.1, -0.05) is 11.6 Å². The van der Waals surface area contributed by atoms with Gasteiger partial charge in [0.25, 0.3) is 5.91 Å². The van der Waals surface area contributed by atoms with Crippen LogP contribution in [0.5, 0.6) is 0 Å². The maximum atomic E-state index is 11.9. The molecule has 0 fully saturated rings. The summed E-state index contributed by atoms with van der Waals surface area (Å²) in [6, 6.07) is 8.46. The lowest BCUT2D eigenvalue weighted by molar-refractivity contribution is 0.0922. The molecule has 3 N–H and O–H groups in total. The van der Waals surface area contributed by atoms with Gasteiger partial charge < -0.3 is 20.2 Å². The average molecular weight is 309 g/mol. The van der Waals surface area contributed by atoms with Gasteiger partial charge in [0.15, 0.2) is 5.76 Å². The molecule has 1 aromatic carbocycles. The summed E-state index contributed by atoms with van der Waals surface area (Å²) in [5, 5.41) is 3.31. The van der Waals surface area contributed by atoms with Crippen LogP contribution in [0.1, 0.15) is 17.0 Å². The number of nitrogens with one attached hydrogen (secondary N) is 1. The molecule has 0 atom stereocenters. The number of hydrogen-bond donors (Lipinski definition) is 2. The fourth-order valence-corrected chi connectivity index (χ4v) is 2.05. The fraction of sp³-hybridized carbons (Fsp3) is 0.267. The van der Waals surface area contributed by atoms with E-state index in [-0.39, 0.29) is 11.7 Å². The number of halogens is 1. The summed E-state index contributed by atoms with van der Waals surface area (Å²) >= 11 is 5.86. The maximum absolute atomic E-state index is 11.9. The van der Waals surface area contributed by atoms with Crippen LogP contribution < -0.4 is 11.1 Å². The third kappa shape index (κ3) is 4.00. The number of hydrogen-bond acceptors (Lipinski definition) is 4. The van der Waals surface area contributed by atoms with Gasteiger partial charge in [-0.3, -0.25) is 4.79 Å². The number of carbonyl (C=O) groups is 1. The smallest absolute Gasteiger partial charge is 0.287 e. The van der Waals surface area contributed by atoms with Crippen molar-refractivity contribution in [2.75, 3.05) is 26.0 Å². The number of furan rings is 1. The van der Waals surface area contributed by atoms with Gasteiger partial charge in [0.05, 0.1) is 0 Å². The monoisotopic (exact) mass is 308 g/mol. The first-order valence-corrected chi connectivity index (χ1v) is 6.92. The van der Waals surface area contributed by atoms with E-state index in [9.17, 15) is 4.79 Å². The van der Waals surface area contributed by atoms with Crippen LogP contribution in [-0.4, -0.2) is 26.2 Å². The van der Waals surface area contributed by atoms with Crippen LogP contribution in [0.25, 0.3) is 11.3 Å². The first-order chi connectivity index (χ1) is 10.1. The van der Waals surface area contributed by atoms with Gasteiger partial charge in [0.1, 0.15) is 5.76 Å². The molecule has 21 heavy (non-hydrogen) atoms. The highest BCUT2D eigenvalue weighted by molar-refractivity contribution is 6.31. The molecule has 1 amide bonds. The van der Waals surface area contributed by atoms with Crippen LogP contribution in [0.15, 0.2) is 34.7 Å². The van der Waals surface area contributed by atoms with E-state index >= 15 is 0 Å². The molecular formula is C15H17ClN2O3. The number of nitrogen functional groups attached to an aromatic ring is 1. The van der Waals surface area contributed by atoms with Gasteiger partial charge >= 0.3 is 0 Å². The molecule has 0 bridgehead atoms. The van der Waals surface area contributed by atoms with Crippen molar-refractivity contribution in [1.29, 1.82) is 0 Å². The normalized spacial score (nSPS) is 10.6. The van der Waals surface area contributed by atoms with Crippen molar-refractivity contribution in [2.45, 2.75) is 6.42 Å². The zero-order valence-corrected chi connectivity index (χ0v) is 12.4. The number of amides is 1. The number of anilines is 1. The quantitative estimate of drug-likeness (QED) is 0.635. The van der Waals surface area contributed by atoms with Crippen molar-refractivity contribution in [3.05, 3.63) is 41.1 Å². The Balaban J connectivity index is 2.05. The molecule has 2 rings (SSSR count). The molecule has 0 aliphatic heterocycles. The van der Waals surface area contributed by atoms with E-state index in [1.165, 1.54) is 0 Å². The first kappa shape index (κ1) is 15.4. The summed E-state index contributed by atoms with van der Waals surface area (Å²) in [7, 11) is 1.62. The summed E-state index contributed by atoms with van der Waals surface area (Å²) in [5.41, 5.74) is 7.10. The third-order valence-corrected chi connectivity index (χ3v) is 3.15. The Morgan fingerprint density at radius 3 is 2.90 bits per heavy atom. The van der Waals surface area contributed by atoms with E-state index in [0.29, 0.717) is 35.2 Å². The molecule has 0 saturated heterocycles. The van der Waals surface area contributed by atoms with Gasteiger partial charge in [-0.2, -0.15) is 0 Å². The van der Waals surface area contributed by atoms with Crippen molar-refractivity contribution in [3.63, 3.8) is 0 Å². The van der Waals surface area contributed by atoms with E-state index in [2.05, 4.69) is 5.32 Å². The molecule has 0 unspecified atom stereocenters. The predicted octanol–water partition coefficient (Wildman–Crippen LogP) is 2.95. The van der Waals surface area contributed by atoms with Gasteiger partial charge in [-0.05, 0) is 36.8 Å². The van der Waals surface area contributed by atoms with Crippen molar-refractivity contribution in [1.82, 2.24) is 5.32 Å². The van der Waals surface area contributed by atoms with Crippen molar-refractivity contribution < 1.29 is 13.9 Å². The van der Waals surface area contributed by atoms with E-state index in [0.717, 1.165) is 6.42 Å². The Kier molecular flexibility index (Phi) is 5.25. The lowest BCUT2D eigenvalue weighted by Gasteiger charge is -2.04. The minimum Gasteiger partial charge on any atom is -0.451 e. The highest BCUT2D eigenvalue weighted by atomic mass is 35.5. The molecule has 0 radical (unpaired) electrons. The molecule has 2 aromatic rings. The van der Waals surface area contributed by atoms with Crippen LogP contribution in [0, 0.1) is 0 Å². The van der Waals surface area contributed by atoms with E-state index in [4.69, 9.17) is 26.5 Å². The molecule has 0 saturated carbocycles. The summed E-state index contributed by atoms with van der Waals surface area (Å²) in [5.74, 6) is 0.521. The van der Waals surface area contributed by atoms with Crippen LogP contribution in [0.4, 0.5) is 5.69 Å². The molecule has 1 heterocycles. The fourth-order valence-electron chi connectivity index (χ4n) is 1.87. The zero-order chi connectivity index (χ0) is 15.2. The van der Waals surface area contributed by atoms with E-state index < -0.39 is 0 Å². The van der Waals surface area contributed by atoms with Crippen LogP contribution in [0.2, 0.25) is 5.02 Å². The summed E-state index contributed by atoms with van der Waals surface area (Å²) in [4.78, 5) is 11.9. The average Bonchev–Trinajstić information content (AvgIpc) is 2.93. The van der Waals surface area contributed by atoms with Crippen LogP contribution in [0.3, 0.4) is 0 Å². The molecule has 1 aromatic heterocycles. The highest BCUT2D eigenvalue weighted by Crippen LogP contribution is 2.29. The zero-order valence-electron chi connectivity index (χ0n) is 11.7. The standard InChI is InChI=1S/C15H17ClN2O3/c1-20-8-2-7-18-15(19)14-6-5-13(21-14)11-4-3-10(16)9-12(11)17/h3-6,9H,2,7-8,17H2,1H3,(H,18,19). The highest BCUT2D eigenvalue weighted by Gasteiger charge is 2.13. The van der Waals surface area contributed by atoms with Crippen molar-refractivity contribution in [3.8, 4) is 11.3 Å². The lowest BCUT2D eigenvalue weighted by atomic mass is 10.1. The topological polar surface area (TPSA) is 77.5 Å². The Morgan fingerprint density at radius 2 is 2.19 bits per heavy atom. The second kappa shape index (κ2) is 7.15. The summed E-state index contributed by atoms with van der Waals surface area (Å²) < 4.78 is 10.5. The number of ether oxygens (including phenoxy) is 1. The Bertz CT molecular complexity index is 625. The Hall–Kier alpha value is -1.98. The SMILES string of the molecule is COCCCNC(=O)c1ccc(-c2ccc(Cl)cc2N)o1. The van der Waals surface area contributed by atoms with Gasteiger partial charge in [-0.25, -0.2) is 0 Å². The number of rotatable bonds is 6. The molecule has 6 heteroatoms. The number of benzene rings is 1. The Labute approximate surface area is 128 Å².